The lowest BCUT2D eigenvalue weighted by Gasteiger charge is -2.27. The van der Waals surface area contributed by atoms with E-state index in [1.807, 2.05) is 18.2 Å². The van der Waals surface area contributed by atoms with Crippen LogP contribution in [-0.2, 0) is 17.8 Å². The van der Waals surface area contributed by atoms with Gasteiger partial charge < -0.3 is 10.6 Å². The van der Waals surface area contributed by atoms with Gasteiger partial charge in [0.1, 0.15) is 5.82 Å². The van der Waals surface area contributed by atoms with Gasteiger partial charge in [0.15, 0.2) is 0 Å². The maximum atomic E-state index is 13.7. The number of fused-ring (bicyclic) bond motifs is 1. The Morgan fingerprint density at radius 2 is 1.87 bits per heavy atom. The normalized spacial score (nSPS) is 22.6. The average Bonchev–Trinajstić information content (AvgIpc) is 3.25. The molecule has 0 aromatic heterocycles. The summed E-state index contributed by atoms with van der Waals surface area (Å²) in [6, 6.07) is 17.3. The number of hydrogen-bond acceptors (Lipinski definition) is 3. The quantitative estimate of drug-likeness (QED) is 0.631. The fourth-order valence-corrected chi connectivity index (χ4v) is 4.67. The molecule has 2 aliphatic heterocycles. The molecule has 0 unspecified atom stereocenters. The molecule has 7 heteroatoms. The third kappa shape index (κ3) is 5.33. The van der Waals surface area contributed by atoms with Crippen LogP contribution >= 0.6 is 24.8 Å². The van der Waals surface area contributed by atoms with Gasteiger partial charge in [-0.3, -0.25) is 9.69 Å². The van der Waals surface area contributed by atoms with Crippen LogP contribution in [0.25, 0.3) is 0 Å². The van der Waals surface area contributed by atoms with Gasteiger partial charge in [-0.2, -0.15) is 0 Å². The van der Waals surface area contributed by atoms with Crippen molar-refractivity contribution < 1.29 is 9.18 Å². The number of nitrogens with zero attached hydrogens (tertiary/aromatic N) is 1. The van der Waals surface area contributed by atoms with Crippen molar-refractivity contribution in [1.29, 1.82) is 0 Å². The van der Waals surface area contributed by atoms with Crippen molar-refractivity contribution in [1.82, 2.24) is 15.5 Å². The van der Waals surface area contributed by atoms with Gasteiger partial charge in [0.05, 0.1) is 5.41 Å². The zero-order chi connectivity index (χ0) is 19.4. The Morgan fingerprint density at radius 3 is 2.63 bits per heavy atom. The van der Waals surface area contributed by atoms with Gasteiger partial charge in [-0.05, 0) is 30.0 Å². The van der Waals surface area contributed by atoms with Crippen LogP contribution in [0.5, 0.6) is 0 Å². The van der Waals surface area contributed by atoms with Crippen molar-refractivity contribution in [3.8, 4) is 0 Å². The second kappa shape index (κ2) is 11.1. The Hall–Kier alpha value is -1.66. The summed E-state index contributed by atoms with van der Waals surface area (Å²) in [6.07, 6.45) is 1.39. The van der Waals surface area contributed by atoms with Gasteiger partial charge in [-0.1, -0.05) is 48.5 Å². The minimum absolute atomic E-state index is 0. The first kappa shape index (κ1) is 24.6. The maximum absolute atomic E-state index is 13.7. The number of amides is 1. The van der Waals surface area contributed by atoms with Crippen LogP contribution in [0.2, 0.25) is 0 Å². The third-order valence-electron chi connectivity index (χ3n) is 6.16. The number of likely N-dealkylation sites (tertiary alicyclic amines) is 1. The highest BCUT2D eigenvalue weighted by Gasteiger charge is 2.54. The standard InChI is InChI=1S/C23H28FN3O.2ClH/c24-21-11-5-4-9-19(21)10-6-12-26-22(28)23-16-25-13-20(23)15-27(17-23)14-18-7-2-1-3-8-18;;/h1-5,7-9,11,20,25H,6,10,12-17H2,(H,26,28);2*1H/t20-,23-;;/m1../s1. The molecule has 0 radical (unpaired) electrons. The van der Waals surface area contributed by atoms with Crippen LogP contribution in [0.1, 0.15) is 17.5 Å². The third-order valence-corrected chi connectivity index (χ3v) is 6.16. The molecule has 2 fully saturated rings. The second-order valence-electron chi connectivity index (χ2n) is 8.09. The molecule has 0 bridgehead atoms. The van der Waals surface area contributed by atoms with Crippen LogP contribution in [0.4, 0.5) is 4.39 Å². The number of aryl methyl sites for hydroxylation is 1. The van der Waals surface area contributed by atoms with E-state index in [4.69, 9.17) is 0 Å². The molecule has 0 spiro atoms. The van der Waals surface area contributed by atoms with Gasteiger partial charge in [-0.25, -0.2) is 4.39 Å². The van der Waals surface area contributed by atoms with Crippen LogP contribution in [-0.4, -0.2) is 43.5 Å². The first-order valence-corrected chi connectivity index (χ1v) is 10.2. The monoisotopic (exact) mass is 453 g/mol. The van der Waals surface area contributed by atoms with Crippen molar-refractivity contribution in [3.05, 3.63) is 71.5 Å². The van der Waals surface area contributed by atoms with E-state index in [1.165, 1.54) is 11.6 Å². The highest BCUT2D eigenvalue weighted by Crippen LogP contribution is 2.39. The first-order chi connectivity index (χ1) is 13.7. The molecule has 0 saturated carbocycles. The summed E-state index contributed by atoms with van der Waals surface area (Å²) in [7, 11) is 0. The highest BCUT2D eigenvalue weighted by atomic mass is 35.5. The van der Waals surface area contributed by atoms with Gasteiger partial charge >= 0.3 is 0 Å². The molecule has 2 aliphatic rings. The summed E-state index contributed by atoms with van der Waals surface area (Å²) in [5.41, 5.74) is 1.66. The molecule has 0 aliphatic carbocycles. The molecule has 1 amide bonds. The number of halogens is 3. The van der Waals surface area contributed by atoms with Crippen LogP contribution in [0.3, 0.4) is 0 Å². The maximum Gasteiger partial charge on any atom is 0.229 e. The van der Waals surface area contributed by atoms with E-state index in [9.17, 15) is 9.18 Å². The van der Waals surface area contributed by atoms with E-state index >= 15 is 0 Å². The molecule has 2 N–H and O–H groups in total. The molecule has 2 saturated heterocycles. The fourth-order valence-electron chi connectivity index (χ4n) is 4.67. The molecule has 4 nitrogen and oxygen atoms in total. The van der Waals surface area contributed by atoms with Gasteiger partial charge in [0.2, 0.25) is 5.91 Å². The summed E-state index contributed by atoms with van der Waals surface area (Å²) in [6.45, 7) is 4.85. The van der Waals surface area contributed by atoms with Gasteiger partial charge in [0, 0.05) is 45.2 Å². The Kier molecular flexibility index (Phi) is 9.10. The molecule has 2 aromatic rings. The number of carbonyl (C=O) groups excluding carboxylic acids is 1. The molecule has 2 atom stereocenters. The number of nitrogens with one attached hydrogen (secondary N) is 2. The topological polar surface area (TPSA) is 44.4 Å². The van der Waals surface area contributed by atoms with Crippen molar-refractivity contribution in [3.63, 3.8) is 0 Å². The fraction of sp³-hybridized carbons (Fsp3) is 0.435. The predicted octanol–water partition coefficient (Wildman–Crippen LogP) is 3.44. The summed E-state index contributed by atoms with van der Waals surface area (Å²) in [4.78, 5) is 15.5. The van der Waals surface area contributed by atoms with Crippen LogP contribution in [0.15, 0.2) is 54.6 Å². The van der Waals surface area contributed by atoms with E-state index in [-0.39, 0.29) is 42.0 Å². The van der Waals surface area contributed by atoms with E-state index in [2.05, 4.69) is 39.8 Å². The number of rotatable bonds is 7. The molecule has 164 valence electrons. The number of hydrogen-bond donors (Lipinski definition) is 2. The molecule has 4 rings (SSSR count). The second-order valence-corrected chi connectivity index (χ2v) is 8.09. The van der Waals surface area contributed by atoms with Crippen molar-refractivity contribution in [2.45, 2.75) is 19.4 Å². The van der Waals surface area contributed by atoms with E-state index < -0.39 is 0 Å². The van der Waals surface area contributed by atoms with Crippen molar-refractivity contribution >= 4 is 30.7 Å². The lowest BCUT2D eigenvalue weighted by atomic mass is 9.80. The highest BCUT2D eigenvalue weighted by molar-refractivity contribution is 5.85. The summed E-state index contributed by atoms with van der Waals surface area (Å²) < 4.78 is 13.7. The summed E-state index contributed by atoms with van der Waals surface area (Å²) in [5.74, 6) is 0.328. The number of benzene rings is 2. The lowest BCUT2D eigenvalue weighted by Crippen LogP contribution is -2.47. The zero-order valence-electron chi connectivity index (χ0n) is 17.0. The van der Waals surface area contributed by atoms with E-state index in [0.717, 1.165) is 39.1 Å². The average molecular weight is 454 g/mol. The van der Waals surface area contributed by atoms with Gasteiger partial charge in [-0.15, -0.1) is 24.8 Å². The van der Waals surface area contributed by atoms with Gasteiger partial charge in [0.25, 0.3) is 0 Å². The molecule has 30 heavy (non-hydrogen) atoms. The van der Waals surface area contributed by atoms with E-state index in [0.29, 0.717) is 24.4 Å². The smallest absolute Gasteiger partial charge is 0.229 e. The Bertz CT molecular complexity index is 823. The zero-order valence-corrected chi connectivity index (χ0v) is 18.6. The van der Waals surface area contributed by atoms with Crippen molar-refractivity contribution in [2.75, 3.05) is 32.7 Å². The lowest BCUT2D eigenvalue weighted by molar-refractivity contribution is -0.130. The van der Waals surface area contributed by atoms with Crippen LogP contribution in [0, 0.1) is 17.2 Å². The molecular formula is C23H30Cl2FN3O. The SMILES string of the molecule is Cl.Cl.O=C(NCCCc1ccccc1F)[C@@]12CNC[C@@H]1CN(Cc1ccccc1)C2. The van der Waals surface area contributed by atoms with E-state index in [1.54, 1.807) is 6.07 Å². The number of carbonyl (C=O) groups is 1. The summed E-state index contributed by atoms with van der Waals surface area (Å²) >= 11 is 0. The molecule has 2 aromatic carbocycles. The first-order valence-electron chi connectivity index (χ1n) is 10.2. The Labute approximate surface area is 190 Å². The predicted molar refractivity (Wildman–Crippen MR) is 123 cm³/mol. The minimum atomic E-state index is -0.340. The van der Waals surface area contributed by atoms with Crippen molar-refractivity contribution in [2.24, 2.45) is 11.3 Å². The minimum Gasteiger partial charge on any atom is -0.356 e. The molecular weight excluding hydrogens is 424 g/mol. The Morgan fingerprint density at radius 1 is 1.13 bits per heavy atom. The Balaban J connectivity index is 0.00000160. The summed E-state index contributed by atoms with van der Waals surface area (Å²) in [5, 5.41) is 6.55. The molecule has 2 heterocycles. The van der Waals surface area contributed by atoms with Crippen LogP contribution < -0.4 is 10.6 Å². The largest absolute Gasteiger partial charge is 0.356 e.